The van der Waals surface area contributed by atoms with Gasteiger partial charge in [-0.15, -0.1) is 0 Å². The van der Waals surface area contributed by atoms with Crippen LogP contribution >= 0.6 is 22.6 Å². The van der Waals surface area contributed by atoms with Gasteiger partial charge in [0.25, 0.3) is 5.91 Å². The van der Waals surface area contributed by atoms with Gasteiger partial charge in [-0.05, 0) is 37.0 Å². The minimum absolute atomic E-state index is 0.00644. The Morgan fingerprint density at radius 2 is 1.93 bits per heavy atom. The molecule has 0 aliphatic heterocycles. The average Bonchev–Trinajstić information content (AvgIpc) is 2.72. The zero-order valence-corrected chi connectivity index (χ0v) is 18.4. The maximum Gasteiger partial charge on any atom is 0.280 e. The number of hydrogen-bond donors (Lipinski definition) is 4. The van der Waals surface area contributed by atoms with Crippen molar-refractivity contribution in [3.8, 4) is 11.8 Å². The molecule has 2 rings (SSSR count). The number of nitriles is 1. The van der Waals surface area contributed by atoms with Gasteiger partial charge in [-0.1, -0.05) is 34.7 Å². The van der Waals surface area contributed by atoms with Crippen LogP contribution in [0.1, 0.15) is 34.6 Å². The summed E-state index contributed by atoms with van der Waals surface area (Å²) in [7, 11) is 0. The van der Waals surface area contributed by atoms with Crippen LogP contribution in [0.4, 0.5) is 11.6 Å². The molecule has 0 radical (unpaired) electrons. The second kappa shape index (κ2) is 11.8. The molecule has 0 spiro atoms. The number of nitrogens with one attached hydrogen (secondary N) is 1. The van der Waals surface area contributed by atoms with Crippen LogP contribution in [-0.4, -0.2) is 35.0 Å². The molecule has 7 N–H and O–H groups in total. The molecular formula is C19H23IN8O2. The lowest BCUT2D eigenvalue weighted by Crippen LogP contribution is -2.38. The Bertz CT molecular complexity index is 941. The lowest BCUT2D eigenvalue weighted by atomic mass is 10.1. The SMILES string of the molecule is N#CCOc1ccc(CCCCN=C(N)NC(=O)c2nc(CI)c(N)nc2N)cc1. The van der Waals surface area contributed by atoms with Gasteiger partial charge in [0.1, 0.15) is 17.6 Å². The molecule has 158 valence electrons. The molecule has 0 atom stereocenters. The first-order valence-corrected chi connectivity index (χ1v) is 10.6. The van der Waals surface area contributed by atoms with Crippen molar-refractivity contribution in [1.29, 1.82) is 5.26 Å². The summed E-state index contributed by atoms with van der Waals surface area (Å²) in [6.07, 6.45) is 2.57. The van der Waals surface area contributed by atoms with Crippen LogP contribution in [0.2, 0.25) is 0 Å². The fourth-order valence-electron chi connectivity index (χ4n) is 2.49. The molecule has 0 unspecified atom stereocenters. The Morgan fingerprint density at radius 1 is 1.20 bits per heavy atom. The minimum Gasteiger partial charge on any atom is -0.479 e. The van der Waals surface area contributed by atoms with Gasteiger partial charge >= 0.3 is 0 Å². The monoisotopic (exact) mass is 522 g/mol. The highest BCUT2D eigenvalue weighted by Crippen LogP contribution is 2.16. The van der Waals surface area contributed by atoms with E-state index in [4.69, 9.17) is 27.2 Å². The number of anilines is 2. The first kappa shape index (κ1) is 23.1. The van der Waals surface area contributed by atoms with E-state index < -0.39 is 5.91 Å². The second-order valence-corrected chi connectivity index (χ2v) is 6.95. The number of nitrogen functional groups attached to an aromatic ring is 2. The number of aliphatic imine (C=N–C) groups is 1. The van der Waals surface area contributed by atoms with Crippen molar-refractivity contribution in [2.24, 2.45) is 10.7 Å². The predicted octanol–water partition coefficient (Wildman–Crippen LogP) is 1.55. The molecule has 0 saturated carbocycles. The molecule has 1 heterocycles. The van der Waals surface area contributed by atoms with Crippen molar-refractivity contribution in [2.75, 3.05) is 24.6 Å². The number of carbonyl (C=O) groups excluding carboxylic acids is 1. The number of nitrogens with two attached hydrogens (primary N) is 3. The lowest BCUT2D eigenvalue weighted by Gasteiger charge is -2.08. The van der Waals surface area contributed by atoms with Gasteiger partial charge in [-0.25, -0.2) is 9.97 Å². The number of halogens is 1. The van der Waals surface area contributed by atoms with Gasteiger partial charge in [0.15, 0.2) is 24.1 Å². The summed E-state index contributed by atoms with van der Waals surface area (Å²) >= 11 is 2.07. The highest BCUT2D eigenvalue weighted by Gasteiger charge is 2.16. The molecule has 30 heavy (non-hydrogen) atoms. The van der Waals surface area contributed by atoms with E-state index in [0.717, 1.165) is 24.8 Å². The largest absolute Gasteiger partial charge is 0.479 e. The number of rotatable bonds is 9. The third kappa shape index (κ3) is 7.03. The number of hydrogen-bond acceptors (Lipinski definition) is 8. The molecule has 1 aromatic carbocycles. The standard InChI is InChI=1S/C19H23IN8O2/c20-11-14-16(22)27-17(23)15(26-14)18(29)28-19(24)25-9-2-1-3-12-4-6-13(7-5-12)30-10-8-21/h4-7H,1-3,9-11H2,(H4,22,23,27)(H3,24,25,28,29). The van der Waals surface area contributed by atoms with Gasteiger partial charge in [-0.2, -0.15) is 5.26 Å². The quantitative estimate of drug-likeness (QED) is 0.126. The summed E-state index contributed by atoms with van der Waals surface area (Å²) in [5, 5.41) is 11.0. The van der Waals surface area contributed by atoms with Crippen LogP contribution in [0.3, 0.4) is 0 Å². The van der Waals surface area contributed by atoms with Gasteiger partial charge in [0.05, 0.1) is 5.69 Å². The number of aryl methyl sites for hydroxylation is 1. The van der Waals surface area contributed by atoms with E-state index in [2.05, 4.69) is 42.9 Å². The summed E-state index contributed by atoms with van der Waals surface area (Å²) in [5.74, 6) is 0.226. The molecule has 10 nitrogen and oxygen atoms in total. The van der Waals surface area contributed by atoms with E-state index in [1.54, 1.807) is 0 Å². The molecule has 0 fully saturated rings. The molecule has 0 bridgehead atoms. The number of aromatic nitrogens is 2. The first-order valence-electron chi connectivity index (χ1n) is 9.12. The van der Waals surface area contributed by atoms with Crippen molar-refractivity contribution in [3.63, 3.8) is 0 Å². The fourth-order valence-corrected chi connectivity index (χ4v) is 3.05. The molecule has 0 saturated heterocycles. The molecular weight excluding hydrogens is 499 g/mol. The summed E-state index contributed by atoms with van der Waals surface area (Å²) in [6, 6.07) is 9.54. The van der Waals surface area contributed by atoms with E-state index in [0.29, 0.717) is 22.4 Å². The van der Waals surface area contributed by atoms with Crippen molar-refractivity contribution in [3.05, 3.63) is 41.2 Å². The third-order valence-electron chi connectivity index (χ3n) is 3.99. The Kier molecular flexibility index (Phi) is 9.07. The topological polar surface area (TPSA) is 178 Å². The van der Waals surface area contributed by atoms with Crippen LogP contribution in [0.25, 0.3) is 0 Å². The van der Waals surface area contributed by atoms with E-state index in [1.807, 2.05) is 30.3 Å². The number of unbranched alkanes of at least 4 members (excludes halogenated alkanes) is 1. The van der Waals surface area contributed by atoms with E-state index in [9.17, 15) is 4.79 Å². The normalized spacial score (nSPS) is 11.0. The molecule has 1 aromatic heterocycles. The smallest absolute Gasteiger partial charge is 0.280 e. The predicted molar refractivity (Wildman–Crippen MR) is 123 cm³/mol. The average molecular weight is 522 g/mol. The maximum absolute atomic E-state index is 12.3. The minimum atomic E-state index is -0.578. The molecule has 2 aromatic rings. The number of alkyl halides is 1. The Morgan fingerprint density at radius 3 is 2.60 bits per heavy atom. The van der Waals surface area contributed by atoms with Gasteiger partial charge < -0.3 is 21.9 Å². The number of benzene rings is 1. The number of guanidine groups is 1. The highest BCUT2D eigenvalue weighted by molar-refractivity contribution is 14.1. The zero-order chi connectivity index (χ0) is 21.9. The molecule has 11 heteroatoms. The number of nitrogens with zero attached hydrogens (tertiary/aromatic N) is 4. The summed E-state index contributed by atoms with van der Waals surface area (Å²) < 4.78 is 5.72. The van der Waals surface area contributed by atoms with Crippen LogP contribution in [0.5, 0.6) is 5.75 Å². The van der Waals surface area contributed by atoms with Crippen LogP contribution in [-0.2, 0) is 10.8 Å². The molecule has 0 aliphatic carbocycles. The highest BCUT2D eigenvalue weighted by atomic mass is 127. The van der Waals surface area contributed by atoms with Gasteiger partial charge in [0, 0.05) is 11.0 Å². The third-order valence-corrected chi connectivity index (χ3v) is 4.71. The summed E-state index contributed by atoms with van der Waals surface area (Å²) in [5.41, 5.74) is 18.8. The Hall–Kier alpha value is -3.14. The van der Waals surface area contributed by atoms with Crippen molar-refractivity contribution >= 4 is 46.1 Å². The Labute approximate surface area is 188 Å². The second-order valence-electron chi connectivity index (χ2n) is 6.19. The summed E-state index contributed by atoms with van der Waals surface area (Å²) in [4.78, 5) is 24.5. The van der Waals surface area contributed by atoms with Crippen LogP contribution in [0, 0.1) is 11.3 Å². The van der Waals surface area contributed by atoms with Gasteiger partial charge in [0.2, 0.25) is 0 Å². The fraction of sp³-hybridized carbons (Fsp3) is 0.316. The van der Waals surface area contributed by atoms with Crippen LogP contribution < -0.4 is 27.3 Å². The zero-order valence-electron chi connectivity index (χ0n) is 16.3. The van der Waals surface area contributed by atoms with E-state index >= 15 is 0 Å². The van der Waals surface area contributed by atoms with E-state index in [-0.39, 0.29) is 29.9 Å². The van der Waals surface area contributed by atoms with Gasteiger partial charge in [-0.3, -0.25) is 15.1 Å². The number of carbonyl (C=O) groups is 1. The number of ether oxygens (including phenoxy) is 1. The number of amides is 1. The van der Waals surface area contributed by atoms with Crippen molar-refractivity contribution in [1.82, 2.24) is 15.3 Å². The van der Waals surface area contributed by atoms with Crippen molar-refractivity contribution in [2.45, 2.75) is 23.7 Å². The summed E-state index contributed by atoms with van der Waals surface area (Å²) in [6.45, 7) is 0.504. The van der Waals surface area contributed by atoms with E-state index in [1.165, 1.54) is 0 Å². The van der Waals surface area contributed by atoms with Crippen LogP contribution in [0.15, 0.2) is 29.3 Å². The first-order chi connectivity index (χ1) is 14.4. The maximum atomic E-state index is 12.3. The van der Waals surface area contributed by atoms with Crippen molar-refractivity contribution < 1.29 is 9.53 Å². The Balaban J connectivity index is 1.78. The lowest BCUT2D eigenvalue weighted by molar-refractivity contribution is 0.0972. The molecule has 1 amide bonds. The molecule has 0 aliphatic rings.